The summed E-state index contributed by atoms with van der Waals surface area (Å²) in [5, 5.41) is 14.4. The number of carbonyl (C=O) groups is 2. The number of nitrogens with one attached hydrogen (secondary N) is 1. The molecule has 0 fully saturated rings. The molecule has 9 heteroatoms. The van der Waals surface area contributed by atoms with Crippen molar-refractivity contribution in [3.8, 4) is 0 Å². The lowest BCUT2D eigenvalue weighted by Gasteiger charge is -2.30. The van der Waals surface area contributed by atoms with Crippen molar-refractivity contribution in [3.63, 3.8) is 0 Å². The van der Waals surface area contributed by atoms with Crippen molar-refractivity contribution in [1.82, 2.24) is 10.2 Å². The van der Waals surface area contributed by atoms with Crippen molar-refractivity contribution in [2.24, 2.45) is 0 Å². The van der Waals surface area contributed by atoms with Gasteiger partial charge in [0.15, 0.2) is 0 Å². The van der Waals surface area contributed by atoms with Crippen LogP contribution in [0.1, 0.15) is 44.2 Å². The highest BCUT2D eigenvalue weighted by Crippen LogP contribution is 2.20. The normalized spacial score (nSPS) is 11.6. The molecule has 0 radical (unpaired) electrons. The summed E-state index contributed by atoms with van der Waals surface area (Å²) in [5.41, 5.74) is 1.83. The van der Waals surface area contributed by atoms with E-state index in [4.69, 9.17) is 11.6 Å². The number of rotatable bonds is 13. The number of non-ortho nitro benzene ring substituents is 1. The van der Waals surface area contributed by atoms with E-state index in [1.54, 1.807) is 29.2 Å². The minimum absolute atomic E-state index is 0.0360. The number of unbranched alkanes of at least 4 members (excludes halogenated alkanes) is 1. The number of nitrogens with zero attached hydrogens (tertiary/aromatic N) is 2. The van der Waals surface area contributed by atoms with Crippen LogP contribution in [0.2, 0.25) is 5.02 Å². The maximum Gasteiger partial charge on any atom is 0.269 e. The van der Waals surface area contributed by atoms with Gasteiger partial charge >= 0.3 is 0 Å². The molecule has 2 aromatic carbocycles. The molecule has 0 aromatic heterocycles. The van der Waals surface area contributed by atoms with Gasteiger partial charge in [0, 0.05) is 36.0 Å². The molecule has 1 atom stereocenters. The fourth-order valence-corrected chi connectivity index (χ4v) is 4.26. The first-order chi connectivity index (χ1) is 15.8. The molecular formula is C24H30ClN3O4S. The second kappa shape index (κ2) is 13.9. The van der Waals surface area contributed by atoms with E-state index >= 15 is 0 Å². The van der Waals surface area contributed by atoms with E-state index in [0.29, 0.717) is 30.3 Å². The SMILES string of the molecule is CCCCNC(=O)[C@@H](CC)N(Cc1ccc(Cl)cc1)C(=O)CSCc1ccc([N+](=O)[O-])cc1. The largest absolute Gasteiger partial charge is 0.354 e. The molecule has 0 saturated heterocycles. The number of benzene rings is 2. The zero-order valence-corrected chi connectivity index (χ0v) is 20.5. The van der Waals surface area contributed by atoms with E-state index in [-0.39, 0.29) is 23.3 Å². The third-order valence-electron chi connectivity index (χ3n) is 5.12. The van der Waals surface area contributed by atoms with Gasteiger partial charge in [-0.1, -0.05) is 56.1 Å². The van der Waals surface area contributed by atoms with E-state index < -0.39 is 11.0 Å². The summed E-state index contributed by atoms with van der Waals surface area (Å²) in [6.45, 7) is 4.86. The molecule has 1 N–H and O–H groups in total. The third-order valence-corrected chi connectivity index (χ3v) is 6.36. The van der Waals surface area contributed by atoms with Crippen molar-refractivity contribution in [3.05, 3.63) is 74.8 Å². The molecule has 0 heterocycles. The summed E-state index contributed by atoms with van der Waals surface area (Å²) in [5.74, 6) is 0.462. The predicted octanol–water partition coefficient (Wildman–Crippen LogP) is 5.21. The van der Waals surface area contributed by atoms with Crippen LogP contribution < -0.4 is 5.32 Å². The third kappa shape index (κ3) is 8.70. The highest BCUT2D eigenvalue weighted by molar-refractivity contribution is 7.99. The van der Waals surface area contributed by atoms with Gasteiger partial charge in [-0.3, -0.25) is 19.7 Å². The van der Waals surface area contributed by atoms with Gasteiger partial charge in [0.2, 0.25) is 11.8 Å². The number of nitro groups is 1. The van der Waals surface area contributed by atoms with Gasteiger partial charge in [-0.2, -0.15) is 0 Å². The lowest BCUT2D eigenvalue weighted by Crippen LogP contribution is -2.49. The van der Waals surface area contributed by atoms with Crippen LogP contribution in [0.4, 0.5) is 5.69 Å². The van der Waals surface area contributed by atoms with E-state index in [9.17, 15) is 19.7 Å². The number of hydrogen-bond donors (Lipinski definition) is 1. The number of thioether (sulfide) groups is 1. The first-order valence-corrected chi connectivity index (χ1v) is 12.5. The Morgan fingerprint density at radius 1 is 1.09 bits per heavy atom. The van der Waals surface area contributed by atoms with Gasteiger partial charge in [0.25, 0.3) is 5.69 Å². The lowest BCUT2D eigenvalue weighted by molar-refractivity contribution is -0.384. The first-order valence-electron chi connectivity index (χ1n) is 11.0. The highest BCUT2D eigenvalue weighted by Gasteiger charge is 2.28. The Morgan fingerprint density at radius 3 is 2.30 bits per heavy atom. The molecular weight excluding hydrogens is 462 g/mol. The standard InChI is InChI=1S/C24H30ClN3O4S/c1-3-5-14-26-24(30)22(4-2)27(15-18-6-10-20(25)11-7-18)23(29)17-33-16-19-8-12-21(13-9-19)28(31)32/h6-13,22H,3-5,14-17H2,1-2H3,(H,26,30)/t22-/m1/s1. The Labute approximate surface area is 204 Å². The second-order valence-corrected chi connectivity index (χ2v) is 9.06. The van der Waals surface area contributed by atoms with Crippen LogP contribution in [-0.2, 0) is 21.9 Å². The monoisotopic (exact) mass is 491 g/mol. The van der Waals surface area contributed by atoms with E-state index in [1.165, 1.54) is 23.9 Å². The van der Waals surface area contributed by atoms with Crippen molar-refractivity contribution in [2.45, 2.75) is 51.4 Å². The van der Waals surface area contributed by atoms with Gasteiger partial charge in [-0.15, -0.1) is 11.8 Å². The molecule has 7 nitrogen and oxygen atoms in total. The lowest BCUT2D eigenvalue weighted by atomic mass is 10.1. The Balaban J connectivity index is 2.07. The van der Waals surface area contributed by atoms with Crippen molar-refractivity contribution in [2.75, 3.05) is 12.3 Å². The average molecular weight is 492 g/mol. The second-order valence-electron chi connectivity index (χ2n) is 7.63. The van der Waals surface area contributed by atoms with Crippen LogP contribution in [-0.4, -0.2) is 40.0 Å². The number of nitro benzene ring substituents is 1. The first kappa shape index (κ1) is 26.7. The molecule has 178 valence electrons. The molecule has 2 aromatic rings. The van der Waals surface area contributed by atoms with Crippen molar-refractivity contribution < 1.29 is 14.5 Å². The molecule has 33 heavy (non-hydrogen) atoms. The molecule has 0 bridgehead atoms. The van der Waals surface area contributed by atoms with E-state index in [2.05, 4.69) is 12.2 Å². The Hall–Kier alpha value is -2.58. The van der Waals surface area contributed by atoms with Crippen LogP contribution in [0.25, 0.3) is 0 Å². The predicted molar refractivity (Wildman–Crippen MR) is 133 cm³/mol. The Morgan fingerprint density at radius 2 is 1.73 bits per heavy atom. The van der Waals surface area contributed by atoms with Crippen LogP contribution in [0.15, 0.2) is 48.5 Å². The molecule has 0 aliphatic heterocycles. The number of carbonyl (C=O) groups excluding carboxylic acids is 2. The Bertz CT molecular complexity index is 922. The molecule has 0 aliphatic carbocycles. The summed E-state index contributed by atoms with van der Waals surface area (Å²) in [7, 11) is 0. The van der Waals surface area contributed by atoms with Gasteiger partial charge < -0.3 is 10.2 Å². The van der Waals surface area contributed by atoms with E-state index in [0.717, 1.165) is 24.0 Å². The van der Waals surface area contributed by atoms with Crippen LogP contribution >= 0.6 is 23.4 Å². The summed E-state index contributed by atoms with van der Waals surface area (Å²) >= 11 is 7.41. The van der Waals surface area contributed by atoms with Gasteiger partial charge in [-0.05, 0) is 36.1 Å². The molecule has 0 spiro atoms. The number of halogens is 1. The Kier molecular flexibility index (Phi) is 11.2. The fourth-order valence-electron chi connectivity index (χ4n) is 3.27. The molecule has 0 saturated carbocycles. The maximum atomic E-state index is 13.2. The topological polar surface area (TPSA) is 92.6 Å². The van der Waals surface area contributed by atoms with Gasteiger partial charge in [0.1, 0.15) is 6.04 Å². The summed E-state index contributed by atoms with van der Waals surface area (Å²) < 4.78 is 0. The number of hydrogen-bond acceptors (Lipinski definition) is 5. The maximum absolute atomic E-state index is 13.2. The van der Waals surface area contributed by atoms with Gasteiger partial charge in [-0.25, -0.2) is 0 Å². The van der Waals surface area contributed by atoms with Crippen LogP contribution in [0.5, 0.6) is 0 Å². The zero-order valence-electron chi connectivity index (χ0n) is 19.0. The van der Waals surface area contributed by atoms with Crippen LogP contribution in [0, 0.1) is 10.1 Å². The molecule has 2 amide bonds. The fraction of sp³-hybridized carbons (Fsp3) is 0.417. The molecule has 2 rings (SSSR count). The highest BCUT2D eigenvalue weighted by atomic mass is 35.5. The van der Waals surface area contributed by atoms with Crippen molar-refractivity contribution >= 4 is 40.9 Å². The smallest absolute Gasteiger partial charge is 0.269 e. The molecule has 0 aliphatic rings. The minimum Gasteiger partial charge on any atom is -0.354 e. The van der Waals surface area contributed by atoms with Crippen molar-refractivity contribution in [1.29, 1.82) is 0 Å². The quantitative estimate of drug-likeness (QED) is 0.236. The molecule has 0 unspecified atom stereocenters. The van der Waals surface area contributed by atoms with Gasteiger partial charge in [0.05, 0.1) is 10.7 Å². The number of amides is 2. The summed E-state index contributed by atoms with van der Waals surface area (Å²) in [6.07, 6.45) is 2.37. The average Bonchev–Trinajstić information content (AvgIpc) is 2.80. The summed E-state index contributed by atoms with van der Waals surface area (Å²) in [4.78, 5) is 38.0. The minimum atomic E-state index is -0.565. The summed E-state index contributed by atoms with van der Waals surface area (Å²) in [6, 6.07) is 13.0. The van der Waals surface area contributed by atoms with E-state index in [1.807, 2.05) is 19.1 Å². The van der Waals surface area contributed by atoms with Crippen LogP contribution in [0.3, 0.4) is 0 Å². The zero-order chi connectivity index (χ0) is 24.2.